The lowest BCUT2D eigenvalue weighted by molar-refractivity contribution is -0.122. The van der Waals surface area contributed by atoms with E-state index in [4.69, 9.17) is 0 Å². The number of hydrogen-bond acceptors (Lipinski definition) is 3. The molecule has 2 unspecified atom stereocenters. The van der Waals surface area contributed by atoms with E-state index in [1.165, 1.54) is 25.3 Å². The summed E-state index contributed by atoms with van der Waals surface area (Å²) in [5.41, 5.74) is 2.43. The minimum Gasteiger partial charge on any atom is -0.373 e. The van der Waals surface area contributed by atoms with Gasteiger partial charge in [-0.1, -0.05) is 12.5 Å². The van der Waals surface area contributed by atoms with Crippen molar-refractivity contribution in [3.8, 4) is 0 Å². The lowest BCUT2D eigenvalue weighted by atomic mass is 9.76. The van der Waals surface area contributed by atoms with Gasteiger partial charge in [0.15, 0.2) is 0 Å². The van der Waals surface area contributed by atoms with E-state index in [0.717, 1.165) is 37.1 Å². The molecule has 4 rings (SSSR count). The van der Waals surface area contributed by atoms with Crippen LogP contribution in [0.2, 0.25) is 0 Å². The fourth-order valence-electron chi connectivity index (χ4n) is 4.84. The van der Waals surface area contributed by atoms with Crippen LogP contribution in [-0.2, 0) is 11.2 Å². The quantitative estimate of drug-likeness (QED) is 0.868. The molecule has 0 saturated heterocycles. The van der Waals surface area contributed by atoms with Gasteiger partial charge in [0.1, 0.15) is 11.9 Å². The predicted octanol–water partition coefficient (Wildman–Crippen LogP) is 3.63. The van der Waals surface area contributed by atoms with Crippen LogP contribution in [0.5, 0.6) is 0 Å². The second kappa shape index (κ2) is 7.37. The number of fused-ring (bicyclic) bond motifs is 1. The van der Waals surface area contributed by atoms with Crippen LogP contribution in [0.4, 0.5) is 10.1 Å². The number of carbonyl (C=O) groups is 1. The summed E-state index contributed by atoms with van der Waals surface area (Å²) in [7, 11) is 0. The molecule has 0 aromatic heterocycles. The molecule has 4 nitrogen and oxygen atoms in total. The highest BCUT2D eigenvalue weighted by molar-refractivity contribution is 5.88. The summed E-state index contributed by atoms with van der Waals surface area (Å²) < 4.78 is 14.0. The van der Waals surface area contributed by atoms with Crippen molar-refractivity contribution in [2.24, 2.45) is 16.8 Å². The number of carbonyl (C=O) groups excluding carboxylic acids is 1. The molecule has 1 fully saturated rings. The number of rotatable bonds is 3. The molecule has 2 heterocycles. The number of hydrogen-bond donors (Lipinski definition) is 2. The average Bonchev–Trinajstić information content (AvgIpc) is 3.13. The number of aryl methyl sites for hydroxylation is 1. The largest absolute Gasteiger partial charge is 0.373 e. The van der Waals surface area contributed by atoms with Crippen LogP contribution in [0.15, 0.2) is 17.1 Å². The maximum Gasteiger partial charge on any atom is 0.243 e. The van der Waals surface area contributed by atoms with Gasteiger partial charge in [-0.25, -0.2) is 4.39 Å². The molecule has 0 radical (unpaired) electrons. The molecule has 1 aliphatic carbocycles. The third-order valence-corrected chi connectivity index (χ3v) is 6.30. The van der Waals surface area contributed by atoms with Crippen molar-refractivity contribution in [1.29, 1.82) is 0 Å². The van der Waals surface area contributed by atoms with Gasteiger partial charge in [0, 0.05) is 36.5 Å². The second-order valence-corrected chi connectivity index (χ2v) is 8.11. The van der Waals surface area contributed by atoms with Gasteiger partial charge in [0.05, 0.1) is 0 Å². The van der Waals surface area contributed by atoms with Gasteiger partial charge in [-0.3, -0.25) is 9.79 Å². The highest BCUT2D eigenvalue weighted by Gasteiger charge is 2.33. The van der Waals surface area contributed by atoms with Gasteiger partial charge in [-0.15, -0.1) is 0 Å². The second-order valence-electron chi connectivity index (χ2n) is 8.11. The predicted molar refractivity (Wildman–Crippen MR) is 102 cm³/mol. The van der Waals surface area contributed by atoms with Crippen molar-refractivity contribution < 1.29 is 9.18 Å². The van der Waals surface area contributed by atoms with Crippen molar-refractivity contribution in [1.82, 2.24) is 5.32 Å². The molecule has 1 aromatic carbocycles. The smallest absolute Gasteiger partial charge is 0.243 e. The molecule has 2 N–H and O–H groups in total. The van der Waals surface area contributed by atoms with Crippen LogP contribution in [0.1, 0.15) is 49.7 Å². The summed E-state index contributed by atoms with van der Waals surface area (Å²) in [6.07, 6.45) is 9.47. The van der Waals surface area contributed by atoms with Gasteiger partial charge in [-0.2, -0.15) is 0 Å². The maximum atomic E-state index is 14.0. The molecule has 2 aliphatic heterocycles. The lowest BCUT2D eigenvalue weighted by Gasteiger charge is -2.34. The Morgan fingerprint density at radius 1 is 1.27 bits per heavy atom. The van der Waals surface area contributed by atoms with Crippen molar-refractivity contribution >= 4 is 17.8 Å². The monoisotopic (exact) mass is 357 g/mol. The Bertz CT molecular complexity index is 686. The van der Waals surface area contributed by atoms with Crippen LogP contribution in [0, 0.1) is 24.6 Å². The average molecular weight is 357 g/mol. The van der Waals surface area contributed by atoms with E-state index in [9.17, 15) is 9.18 Å². The first-order chi connectivity index (χ1) is 12.6. The Labute approximate surface area is 154 Å². The van der Waals surface area contributed by atoms with Gasteiger partial charge >= 0.3 is 0 Å². The Kier molecular flexibility index (Phi) is 4.96. The van der Waals surface area contributed by atoms with Crippen molar-refractivity contribution in [3.63, 3.8) is 0 Å². The molecule has 0 bridgehead atoms. The topological polar surface area (TPSA) is 53.5 Å². The zero-order valence-corrected chi connectivity index (χ0v) is 15.4. The SMILES string of the molecule is Cc1ccc(F)c2c1NC(C(=O)N[C@@H]1CCC[C@H](C3C=NCCC3)C1)C2. The summed E-state index contributed by atoms with van der Waals surface area (Å²) in [5, 5.41) is 6.47. The fourth-order valence-corrected chi connectivity index (χ4v) is 4.84. The summed E-state index contributed by atoms with van der Waals surface area (Å²) in [6, 6.07) is 3.12. The number of aliphatic imine (C=N–C) groups is 1. The molecule has 1 amide bonds. The summed E-state index contributed by atoms with van der Waals surface area (Å²) in [6.45, 7) is 2.91. The van der Waals surface area contributed by atoms with Gasteiger partial charge < -0.3 is 10.6 Å². The summed E-state index contributed by atoms with van der Waals surface area (Å²) in [5.74, 6) is 0.992. The first kappa shape index (κ1) is 17.5. The number of anilines is 1. The Morgan fingerprint density at radius 2 is 2.15 bits per heavy atom. The summed E-state index contributed by atoms with van der Waals surface area (Å²) in [4.78, 5) is 17.2. The first-order valence-electron chi connectivity index (χ1n) is 9.96. The third-order valence-electron chi connectivity index (χ3n) is 6.30. The molecule has 140 valence electrons. The van der Waals surface area contributed by atoms with E-state index in [2.05, 4.69) is 21.8 Å². The van der Waals surface area contributed by atoms with Gasteiger partial charge in [0.25, 0.3) is 0 Å². The summed E-state index contributed by atoms with van der Waals surface area (Å²) >= 11 is 0. The minimum atomic E-state index is -0.364. The van der Waals surface area contributed by atoms with Crippen molar-refractivity contribution in [3.05, 3.63) is 29.1 Å². The first-order valence-corrected chi connectivity index (χ1v) is 9.96. The highest BCUT2D eigenvalue weighted by Crippen LogP contribution is 2.34. The van der Waals surface area contributed by atoms with Crippen LogP contribution in [-0.4, -0.2) is 30.8 Å². The Morgan fingerprint density at radius 3 is 2.92 bits per heavy atom. The zero-order chi connectivity index (χ0) is 18.1. The van der Waals surface area contributed by atoms with Crippen molar-refractivity contribution in [2.45, 2.75) is 64.0 Å². The zero-order valence-electron chi connectivity index (χ0n) is 15.4. The van der Waals surface area contributed by atoms with E-state index in [0.29, 0.717) is 23.8 Å². The van der Waals surface area contributed by atoms with E-state index in [-0.39, 0.29) is 23.8 Å². The molecule has 4 atom stereocenters. The number of benzene rings is 1. The number of amides is 1. The fraction of sp³-hybridized carbons (Fsp3) is 0.619. The van der Waals surface area contributed by atoms with Crippen LogP contribution < -0.4 is 10.6 Å². The number of halogens is 1. The molecular formula is C21H28FN3O. The van der Waals surface area contributed by atoms with Crippen LogP contribution in [0.3, 0.4) is 0 Å². The number of nitrogens with one attached hydrogen (secondary N) is 2. The van der Waals surface area contributed by atoms with E-state index in [1.54, 1.807) is 6.07 Å². The molecule has 1 saturated carbocycles. The Hall–Kier alpha value is -1.91. The standard InChI is InChI=1S/C21H28FN3O/c1-13-7-8-18(22)17-11-19(25-20(13)17)21(26)24-16-6-2-4-14(10-16)15-5-3-9-23-12-15/h7-8,12,14-16,19,25H,2-6,9-11H2,1H3,(H,24,26)/t14-,15?,16+,19?/m0/s1. The van der Waals surface area contributed by atoms with E-state index < -0.39 is 0 Å². The lowest BCUT2D eigenvalue weighted by Crippen LogP contribution is -2.46. The molecule has 26 heavy (non-hydrogen) atoms. The highest BCUT2D eigenvalue weighted by atomic mass is 19.1. The van der Waals surface area contributed by atoms with E-state index in [1.807, 2.05) is 6.92 Å². The normalized spacial score (nSPS) is 30.5. The third kappa shape index (κ3) is 3.49. The molecule has 5 heteroatoms. The maximum absolute atomic E-state index is 14.0. The van der Waals surface area contributed by atoms with Crippen LogP contribution >= 0.6 is 0 Å². The van der Waals surface area contributed by atoms with E-state index >= 15 is 0 Å². The van der Waals surface area contributed by atoms with Crippen molar-refractivity contribution in [2.75, 3.05) is 11.9 Å². The molecular weight excluding hydrogens is 329 g/mol. The van der Waals surface area contributed by atoms with Crippen LogP contribution in [0.25, 0.3) is 0 Å². The van der Waals surface area contributed by atoms with Gasteiger partial charge in [0.2, 0.25) is 5.91 Å². The number of nitrogens with zero attached hydrogens (tertiary/aromatic N) is 1. The molecule has 1 aromatic rings. The van der Waals surface area contributed by atoms with Gasteiger partial charge in [-0.05, 0) is 62.5 Å². The molecule has 0 spiro atoms. The Balaban J connectivity index is 1.36. The molecule has 3 aliphatic rings. The minimum absolute atomic E-state index is 0.00274.